The standard InChI is InChI=1S/C19H26N2O4/c22-17-7-6-14-21(17)16-11-9-15(10-12-16)19(25)20-13-5-3-1-2-4-8-18(23)24/h9-12H,1-8,13-14H2,(H,20,25)(H,23,24). The number of nitrogens with one attached hydrogen (secondary N) is 1. The molecule has 0 spiro atoms. The number of anilines is 1. The van der Waals surface area contributed by atoms with Gasteiger partial charge in [-0.25, -0.2) is 0 Å². The van der Waals surface area contributed by atoms with Crippen molar-refractivity contribution in [2.24, 2.45) is 0 Å². The molecule has 1 fully saturated rings. The van der Waals surface area contributed by atoms with Crippen molar-refractivity contribution < 1.29 is 19.5 Å². The molecular formula is C19H26N2O4. The number of carboxylic acid groups (broad SMARTS) is 1. The molecule has 1 heterocycles. The second-order valence-electron chi connectivity index (χ2n) is 6.36. The third kappa shape index (κ3) is 6.21. The highest BCUT2D eigenvalue weighted by Crippen LogP contribution is 2.21. The SMILES string of the molecule is O=C(O)CCCCCCCNC(=O)c1ccc(N2CCCC2=O)cc1. The maximum absolute atomic E-state index is 12.1. The van der Waals surface area contributed by atoms with Crippen LogP contribution in [-0.2, 0) is 9.59 Å². The lowest BCUT2D eigenvalue weighted by atomic mass is 10.1. The van der Waals surface area contributed by atoms with Gasteiger partial charge in [0.25, 0.3) is 5.91 Å². The van der Waals surface area contributed by atoms with E-state index in [1.54, 1.807) is 17.0 Å². The maximum Gasteiger partial charge on any atom is 0.303 e. The van der Waals surface area contributed by atoms with Gasteiger partial charge in [0.2, 0.25) is 5.91 Å². The first-order valence-electron chi connectivity index (χ1n) is 8.98. The number of amides is 2. The highest BCUT2D eigenvalue weighted by molar-refractivity contribution is 5.97. The first kappa shape index (κ1) is 19.0. The van der Waals surface area contributed by atoms with Crippen LogP contribution in [0.1, 0.15) is 61.7 Å². The Bertz CT molecular complexity index is 598. The van der Waals surface area contributed by atoms with Crippen molar-refractivity contribution in [1.82, 2.24) is 5.32 Å². The second-order valence-corrected chi connectivity index (χ2v) is 6.36. The Kier molecular flexibility index (Phi) is 7.44. The van der Waals surface area contributed by atoms with Crippen LogP contribution in [0.4, 0.5) is 5.69 Å². The van der Waals surface area contributed by atoms with Crippen LogP contribution < -0.4 is 10.2 Å². The molecule has 0 unspecified atom stereocenters. The quantitative estimate of drug-likeness (QED) is 0.638. The van der Waals surface area contributed by atoms with Gasteiger partial charge in [-0.05, 0) is 43.5 Å². The molecule has 6 nitrogen and oxygen atoms in total. The Hall–Kier alpha value is -2.37. The third-order valence-electron chi connectivity index (χ3n) is 4.37. The van der Waals surface area contributed by atoms with Crippen LogP contribution in [0.25, 0.3) is 0 Å². The Labute approximate surface area is 148 Å². The number of carbonyl (C=O) groups is 3. The molecule has 1 aliphatic rings. The van der Waals surface area contributed by atoms with Crippen LogP contribution in [0.2, 0.25) is 0 Å². The van der Waals surface area contributed by atoms with Crippen LogP contribution in [0.5, 0.6) is 0 Å². The molecule has 0 aromatic heterocycles. The molecule has 2 amide bonds. The van der Waals surface area contributed by atoms with Gasteiger partial charge in [0.1, 0.15) is 0 Å². The molecule has 2 N–H and O–H groups in total. The fraction of sp³-hybridized carbons (Fsp3) is 0.526. The average molecular weight is 346 g/mol. The van der Waals surface area contributed by atoms with Crippen molar-refractivity contribution in [2.45, 2.75) is 51.4 Å². The molecule has 6 heteroatoms. The Morgan fingerprint density at radius 3 is 2.36 bits per heavy atom. The Balaban J connectivity index is 1.64. The predicted octanol–water partition coefficient (Wildman–Crippen LogP) is 2.97. The molecule has 0 bridgehead atoms. The topological polar surface area (TPSA) is 86.7 Å². The zero-order valence-corrected chi connectivity index (χ0v) is 14.5. The van der Waals surface area contributed by atoms with E-state index in [9.17, 15) is 14.4 Å². The van der Waals surface area contributed by atoms with Gasteiger partial charge >= 0.3 is 5.97 Å². The van der Waals surface area contributed by atoms with Gasteiger partial charge in [0, 0.05) is 37.2 Å². The predicted molar refractivity (Wildman–Crippen MR) is 95.7 cm³/mol. The van der Waals surface area contributed by atoms with E-state index in [0.717, 1.165) is 44.3 Å². The third-order valence-corrected chi connectivity index (χ3v) is 4.37. The van der Waals surface area contributed by atoms with E-state index in [1.165, 1.54) is 0 Å². The van der Waals surface area contributed by atoms with Gasteiger partial charge in [0.15, 0.2) is 0 Å². The fourth-order valence-corrected chi connectivity index (χ4v) is 2.95. The molecule has 0 saturated carbocycles. The zero-order valence-electron chi connectivity index (χ0n) is 14.5. The number of aliphatic carboxylic acids is 1. The summed E-state index contributed by atoms with van der Waals surface area (Å²) < 4.78 is 0. The van der Waals surface area contributed by atoms with Gasteiger partial charge in [-0.3, -0.25) is 14.4 Å². The van der Waals surface area contributed by atoms with Crippen molar-refractivity contribution in [1.29, 1.82) is 0 Å². The minimum absolute atomic E-state index is 0.106. The number of hydrogen-bond donors (Lipinski definition) is 2. The largest absolute Gasteiger partial charge is 0.481 e. The number of benzene rings is 1. The number of nitrogens with zero attached hydrogens (tertiary/aromatic N) is 1. The lowest BCUT2D eigenvalue weighted by Crippen LogP contribution is -2.25. The Morgan fingerprint density at radius 1 is 1.04 bits per heavy atom. The minimum Gasteiger partial charge on any atom is -0.481 e. The number of unbranched alkanes of at least 4 members (excludes halogenated alkanes) is 4. The van der Waals surface area contributed by atoms with E-state index < -0.39 is 5.97 Å². The molecule has 1 aromatic carbocycles. The van der Waals surface area contributed by atoms with Crippen LogP contribution in [-0.4, -0.2) is 36.0 Å². The van der Waals surface area contributed by atoms with E-state index in [-0.39, 0.29) is 18.2 Å². The van der Waals surface area contributed by atoms with Gasteiger partial charge in [-0.2, -0.15) is 0 Å². The first-order chi connectivity index (χ1) is 12.1. The van der Waals surface area contributed by atoms with E-state index in [4.69, 9.17) is 5.11 Å². The molecule has 1 aromatic rings. The molecule has 1 aliphatic heterocycles. The smallest absolute Gasteiger partial charge is 0.303 e. The van der Waals surface area contributed by atoms with Gasteiger partial charge in [-0.15, -0.1) is 0 Å². The van der Waals surface area contributed by atoms with Crippen molar-refractivity contribution in [2.75, 3.05) is 18.0 Å². The van der Waals surface area contributed by atoms with E-state index >= 15 is 0 Å². The average Bonchev–Trinajstić information content (AvgIpc) is 3.03. The second kappa shape index (κ2) is 9.81. The van der Waals surface area contributed by atoms with Gasteiger partial charge < -0.3 is 15.3 Å². The van der Waals surface area contributed by atoms with Crippen molar-refractivity contribution in [3.8, 4) is 0 Å². The minimum atomic E-state index is -0.743. The summed E-state index contributed by atoms with van der Waals surface area (Å²) in [4.78, 5) is 36.0. The number of rotatable bonds is 10. The van der Waals surface area contributed by atoms with E-state index in [1.807, 2.05) is 12.1 Å². The van der Waals surface area contributed by atoms with Gasteiger partial charge in [-0.1, -0.05) is 19.3 Å². The van der Waals surface area contributed by atoms with Gasteiger partial charge in [0.05, 0.1) is 0 Å². The summed E-state index contributed by atoms with van der Waals surface area (Å²) in [6.45, 7) is 1.36. The summed E-state index contributed by atoms with van der Waals surface area (Å²) in [6.07, 6.45) is 6.20. The molecule has 0 radical (unpaired) electrons. The first-order valence-corrected chi connectivity index (χ1v) is 8.98. The maximum atomic E-state index is 12.1. The van der Waals surface area contributed by atoms with Crippen LogP contribution >= 0.6 is 0 Å². The summed E-state index contributed by atoms with van der Waals surface area (Å²) >= 11 is 0. The molecule has 136 valence electrons. The Morgan fingerprint density at radius 2 is 1.72 bits per heavy atom. The van der Waals surface area contributed by atoms with E-state index in [0.29, 0.717) is 24.9 Å². The summed E-state index contributed by atoms with van der Waals surface area (Å²) in [5, 5.41) is 11.4. The molecule has 25 heavy (non-hydrogen) atoms. The lowest BCUT2D eigenvalue weighted by molar-refractivity contribution is -0.137. The molecule has 1 saturated heterocycles. The molecular weight excluding hydrogens is 320 g/mol. The van der Waals surface area contributed by atoms with Crippen LogP contribution in [0.15, 0.2) is 24.3 Å². The normalized spacial score (nSPS) is 13.9. The zero-order chi connectivity index (χ0) is 18.1. The summed E-state index contributed by atoms with van der Waals surface area (Å²) in [5.74, 6) is -0.710. The molecule has 2 rings (SSSR count). The summed E-state index contributed by atoms with van der Waals surface area (Å²) in [6, 6.07) is 7.14. The molecule has 0 aliphatic carbocycles. The van der Waals surface area contributed by atoms with Crippen LogP contribution in [0, 0.1) is 0 Å². The van der Waals surface area contributed by atoms with Crippen molar-refractivity contribution in [3.63, 3.8) is 0 Å². The molecule has 0 atom stereocenters. The summed E-state index contributed by atoms with van der Waals surface area (Å²) in [5.41, 5.74) is 1.44. The van der Waals surface area contributed by atoms with Crippen LogP contribution in [0.3, 0.4) is 0 Å². The summed E-state index contributed by atoms with van der Waals surface area (Å²) in [7, 11) is 0. The number of carbonyl (C=O) groups excluding carboxylic acids is 2. The highest BCUT2D eigenvalue weighted by atomic mass is 16.4. The lowest BCUT2D eigenvalue weighted by Gasteiger charge is -2.15. The monoisotopic (exact) mass is 346 g/mol. The fourth-order valence-electron chi connectivity index (χ4n) is 2.95. The number of hydrogen-bond acceptors (Lipinski definition) is 3. The van der Waals surface area contributed by atoms with Crippen molar-refractivity contribution >= 4 is 23.5 Å². The number of carboxylic acids is 1. The van der Waals surface area contributed by atoms with E-state index in [2.05, 4.69) is 5.32 Å². The highest BCUT2D eigenvalue weighted by Gasteiger charge is 2.21. The van der Waals surface area contributed by atoms with Crippen molar-refractivity contribution in [3.05, 3.63) is 29.8 Å².